The molecule has 0 bridgehead atoms. The Morgan fingerprint density at radius 3 is 2.65 bits per heavy atom. The number of nitrogens with zero attached hydrogens (tertiary/aromatic N) is 3. The van der Waals surface area contributed by atoms with Gasteiger partial charge in [0.1, 0.15) is 5.82 Å². The Kier molecular flexibility index (Phi) is 2.99. The molecule has 5 heteroatoms. The summed E-state index contributed by atoms with van der Waals surface area (Å²) in [7, 11) is 1.87. The van der Waals surface area contributed by atoms with E-state index in [-0.39, 0.29) is 0 Å². The second-order valence-corrected chi connectivity index (χ2v) is 4.13. The van der Waals surface area contributed by atoms with Gasteiger partial charge in [0.25, 0.3) is 0 Å². The lowest BCUT2D eigenvalue weighted by Gasteiger charge is -2.07. The molecular formula is C12H17N5. The van der Waals surface area contributed by atoms with E-state index in [0.717, 1.165) is 22.8 Å². The van der Waals surface area contributed by atoms with Crippen LogP contribution in [0, 0.1) is 13.8 Å². The highest BCUT2D eigenvalue weighted by molar-refractivity contribution is 5.64. The molecule has 0 unspecified atom stereocenters. The van der Waals surface area contributed by atoms with Gasteiger partial charge in [-0.05, 0) is 25.5 Å². The van der Waals surface area contributed by atoms with Crippen LogP contribution in [0.3, 0.4) is 0 Å². The fourth-order valence-electron chi connectivity index (χ4n) is 1.67. The molecule has 0 saturated heterocycles. The molecule has 0 saturated carbocycles. The zero-order valence-corrected chi connectivity index (χ0v) is 10.4. The van der Waals surface area contributed by atoms with Crippen molar-refractivity contribution in [3.63, 3.8) is 0 Å². The van der Waals surface area contributed by atoms with Gasteiger partial charge in [-0.25, -0.2) is 0 Å². The van der Waals surface area contributed by atoms with E-state index in [4.69, 9.17) is 5.73 Å². The Morgan fingerprint density at radius 1 is 1.35 bits per heavy atom. The third-order valence-corrected chi connectivity index (χ3v) is 2.70. The number of pyridine rings is 1. The van der Waals surface area contributed by atoms with Gasteiger partial charge in [0.2, 0.25) is 0 Å². The molecule has 0 fully saturated rings. The number of rotatable bonds is 3. The van der Waals surface area contributed by atoms with Gasteiger partial charge in [-0.3, -0.25) is 9.67 Å². The Labute approximate surface area is 101 Å². The second kappa shape index (κ2) is 4.45. The van der Waals surface area contributed by atoms with Crippen LogP contribution < -0.4 is 11.1 Å². The predicted octanol–water partition coefficient (Wildman–Crippen LogP) is 1.63. The highest BCUT2D eigenvalue weighted by atomic mass is 15.3. The van der Waals surface area contributed by atoms with Gasteiger partial charge in [-0.2, -0.15) is 5.10 Å². The number of hydrogen-bond donors (Lipinski definition) is 2. The van der Waals surface area contributed by atoms with E-state index in [0.29, 0.717) is 12.2 Å². The van der Waals surface area contributed by atoms with Crippen LogP contribution in [-0.4, -0.2) is 14.8 Å². The van der Waals surface area contributed by atoms with Crippen molar-refractivity contribution in [2.24, 2.45) is 7.05 Å². The summed E-state index contributed by atoms with van der Waals surface area (Å²) in [5, 5.41) is 7.52. The molecule has 2 aromatic heterocycles. The molecule has 0 radical (unpaired) electrons. The minimum atomic E-state index is 0.691. The smallest absolute Gasteiger partial charge is 0.148 e. The molecule has 0 aliphatic carbocycles. The third kappa shape index (κ3) is 2.38. The molecule has 2 rings (SSSR count). The zero-order chi connectivity index (χ0) is 12.4. The molecule has 0 aliphatic heterocycles. The molecule has 0 aliphatic rings. The summed E-state index contributed by atoms with van der Waals surface area (Å²) in [5.41, 5.74) is 9.61. The van der Waals surface area contributed by atoms with Crippen LogP contribution in [0.2, 0.25) is 0 Å². The molecule has 3 N–H and O–H groups in total. The summed E-state index contributed by atoms with van der Waals surface area (Å²) >= 11 is 0. The van der Waals surface area contributed by atoms with Gasteiger partial charge in [0.15, 0.2) is 0 Å². The van der Waals surface area contributed by atoms with E-state index >= 15 is 0 Å². The summed E-state index contributed by atoms with van der Waals surface area (Å²) in [6.07, 6.45) is 1.86. The number of hydrogen-bond acceptors (Lipinski definition) is 4. The lowest BCUT2D eigenvalue weighted by molar-refractivity contribution is 0.758. The van der Waals surface area contributed by atoms with E-state index in [1.165, 1.54) is 0 Å². The number of anilines is 2. The van der Waals surface area contributed by atoms with E-state index in [2.05, 4.69) is 21.5 Å². The van der Waals surface area contributed by atoms with Crippen molar-refractivity contribution in [3.05, 3.63) is 35.3 Å². The molecule has 0 atom stereocenters. The van der Waals surface area contributed by atoms with Gasteiger partial charge >= 0.3 is 0 Å². The molecule has 0 spiro atoms. The van der Waals surface area contributed by atoms with Crippen LogP contribution in [0.5, 0.6) is 0 Å². The molecule has 5 nitrogen and oxygen atoms in total. The normalized spacial score (nSPS) is 10.5. The Hall–Kier alpha value is -2.04. The number of nitrogens with one attached hydrogen (secondary N) is 1. The molecule has 0 amide bonds. The third-order valence-electron chi connectivity index (χ3n) is 2.70. The van der Waals surface area contributed by atoms with Crippen LogP contribution in [0.25, 0.3) is 0 Å². The Bertz CT molecular complexity index is 512. The molecule has 2 heterocycles. The summed E-state index contributed by atoms with van der Waals surface area (Å²) in [6.45, 7) is 4.56. The maximum absolute atomic E-state index is 5.93. The topological polar surface area (TPSA) is 68.8 Å². The highest BCUT2D eigenvalue weighted by Crippen LogP contribution is 2.21. The summed E-state index contributed by atoms with van der Waals surface area (Å²) in [4.78, 5) is 4.25. The van der Waals surface area contributed by atoms with Crippen molar-refractivity contribution < 1.29 is 0 Å². The van der Waals surface area contributed by atoms with E-state index in [9.17, 15) is 0 Å². The second-order valence-electron chi connectivity index (χ2n) is 4.13. The quantitative estimate of drug-likeness (QED) is 0.842. The van der Waals surface area contributed by atoms with E-state index in [1.54, 1.807) is 4.68 Å². The first-order valence-corrected chi connectivity index (χ1v) is 5.52. The van der Waals surface area contributed by atoms with Crippen molar-refractivity contribution >= 4 is 11.5 Å². The van der Waals surface area contributed by atoms with Crippen LogP contribution in [0.15, 0.2) is 18.3 Å². The first-order chi connectivity index (χ1) is 8.08. The first kappa shape index (κ1) is 11.4. The van der Waals surface area contributed by atoms with Crippen molar-refractivity contribution in [2.45, 2.75) is 20.4 Å². The van der Waals surface area contributed by atoms with Gasteiger partial charge in [0, 0.05) is 25.5 Å². The van der Waals surface area contributed by atoms with Gasteiger partial charge in [0.05, 0.1) is 11.4 Å². The average molecular weight is 231 g/mol. The summed E-state index contributed by atoms with van der Waals surface area (Å²) in [5.74, 6) is 0.850. The molecule has 17 heavy (non-hydrogen) atoms. The minimum Gasteiger partial charge on any atom is -0.394 e. The largest absolute Gasteiger partial charge is 0.394 e. The van der Waals surface area contributed by atoms with Crippen LogP contribution in [0.4, 0.5) is 11.5 Å². The van der Waals surface area contributed by atoms with E-state index < -0.39 is 0 Å². The number of aryl methyl sites for hydroxylation is 3. The summed E-state index contributed by atoms with van der Waals surface area (Å²) in [6, 6.07) is 4.05. The molecule has 0 aromatic carbocycles. The minimum absolute atomic E-state index is 0.691. The maximum atomic E-state index is 5.93. The SMILES string of the molecule is Cc1ccc(CNc2c(N)c(C)nn2C)cn1. The van der Waals surface area contributed by atoms with Gasteiger partial charge in [-0.15, -0.1) is 0 Å². The van der Waals surface area contributed by atoms with Gasteiger partial charge in [-0.1, -0.05) is 6.07 Å². The molecule has 90 valence electrons. The average Bonchev–Trinajstić information content (AvgIpc) is 2.54. The zero-order valence-electron chi connectivity index (χ0n) is 10.4. The predicted molar refractivity (Wildman–Crippen MR) is 68.7 cm³/mol. The first-order valence-electron chi connectivity index (χ1n) is 5.52. The fourth-order valence-corrected chi connectivity index (χ4v) is 1.67. The fraction of sp³-hybridized carbons (Fsp3) is 0.333. The van der Waals surface area contributed by atoms with Crippen molar-refractivity contribution in [1.29, 1.82) is 0 Å². The maximum Gasteiger partial charge on any atom is 0.148 e. The highest BCUT2D eigenvalue weighted by Gasteiger charge is 2.08. The molecular weight excluding hydrogens is 214 g/mol. The van der Waals surface area contributed by atoms with Crippen LogP contribution in [0.1, 0.15) is 17.0 Å². The monoisotopic (exact) mass is 231 g/mol. The van der Waals surface area contributed by atoms with Crippen LogP contribution in [-0.2, 0) is 13.6 Å². The molecule has 2 aromatic rings. The van der Waals surface area contributed by atoms with Crippen molar-refractivity contribution in [3.8, 4) is 0 Å². The van der Waals surface area contributed by atoms with Crippen molar-refractivity contribution in [1.82, 2.24) is 14.8 Å². The lowest BCUT2D eigenvalue weighted by atomic mass is 10.2. The summed E-state index contributed by atoms with van der Waals surface area (Å²) < 4.78 is 1.76. The Balaban J connectivity index is 2.09. The van der Waals surface area contributed by atoms with Gasteiger partial charge < -0.3 is 11.1 Å². The Morgan fingerprint density at radius 2 is 2.12 bits per heavy atom. The standard InChI is InChI=1S/C12H17N5/c1-8-4-5-10(6-14-8)7-15-12-11(13)9(2)16-17(12)3/h4-6,15H,7,13H2,1-3H3. The van der Waals surface area contributed by atoms with Crippen molar-refractivity contribution in [2.75, 3.05) is 11.1 Å². The van der Waals surface area contributed by atoms with Crippen LogP contribution >= 0.6 is 0 Å². The number of nitrogen functional groups attached to an aromatic ring is 1. The lowest BCUT2D eigenvalue weighted by Crippen LogP contribution is -2.06. The number of nitrogens with two attached hydrogens (primary N) is 1. The number of aromatic nitrogens is 3. The van der Waals surface area contributed by atoms with E-state index in [1.807, 2.05) is 33.2 Å².